The molecule has 6 heteroatoms. The van der Waals surface area contributed by atoms with E-state index >= 15 is 0 Å². The van der Waals surface area contributed by atoms with Crippen molar-refractivity contribution in [2.45, 2.75) is 51.1 Å². The molecule has 3 rings (SSSR count). The van der Waals surface area contributed by atoms with Gasteiger partial charge >= 0.3 is 6.03 Å². The molecule has 0 saturated carbocycles. The third kappa shape index (κ3) is 4.38. The van der Waals surface area contributed by atoms with E-state index in [-0.39, 0.29) is 24.4 Å². The molecule has 1 N–H and O–H groups in total. The van der Waals surface area contributed by atoms with Crippen LogP contribution in [-0.4, -0.2) is 46.8 Å². The average molecular weight is 343 g/mol. The van der Waals surface area contributed by atoms with Crippen molar-refractivity contribution < 1.29 is 14.4 Å². The predicted molar refractivity (Wildman–Crippen MR) is 93.6 cm³/mol. The topological polar surface area (TPSA) is 69.7 Å². The zero-order valence-corrected chi connectivity index (χ0v) is 14.4. The molecular weight excluding hydrogens is 318 g/mol. The average Bonchev–Trinajstić information content (AvgIpc) is 2.83. The maximum absolute atomic E-state index is 12.5. The Labute approximate surface area is 148 Å². The van der Waals surface area contributed by atoms with Crippen LogP contribution in [0.1, 0.15) is 44.1 Å². The standard InChI is InChI=1S/C19H25N3O3/c23-17(21-12-6-1-2-7-13-21)11-10-16-18(24)22(19(25)20-16)14-15-8-4-3-5-9-15/h3-5,8-9,16H,1-2,6-7,10-14H2,(H,20,25). The highest BCUT2D eigenvalue weighted by Gasteiger charge is 2.38. The number of rotatable bonds is 5. The molecule has 2 saturated heterocycles. The summed E-state index contributed by atoms with van der Waals surface area (Å²) >= 11 is 0. The van der Waals surface area contributed by atoms with Gasteiger partial charge in [0.1, 0.15) is 6.04 Å². The van der Waals surface area contributed by atoms with Crippen LogP contribution in [0.25, 0.3) is 0 Å². The normalized spacial score (nSPS) is 21.2. The number of amides is 4. The van der Waals surface area contributed by atoms with Crippen molar-refractivity contribution in [2.24, 2.45) is 0 Å². The fourth-order valence-electron chi connectivity index (χ4n) is 3.43. The molecule has 0 bridgehead atoms. The first-order valence-corrected chi connectivity index (χ1v) is 9.09. The van der Waals surface area contributed by atoms with Crippen LogP contribution < -0.4 is 5.32 Å². The lowest BCUT2D eigenvalue weighted by Crippen LogP contribution is -2.35. The van der Waals surface area contributed by atoms with E-state index in [1.807, 2.05) is 35.2 Å². The predicted octanol–water partition coefficient (Wildman–Crippen LogP) is 2.29. The molecule has 0 radical (unpaired) electrons. The van der Waals surface area contributed by atoms with Crippen molar-refractivity contribution in [3.8, 4) is 0 Å². The van der Waals surface area contributed by atoms with Crippen molar-refractivity contribution in [2.75, 3.05) is 13.1 Å². The van der Waals surface area contributed by atoms with Gasteiger partial charge in [0.05, 0.1) is 6.54 Å². The summed E-state index contributed by atoms with van der Waals surface area (Å²) in [5, 5.41) is 2.71. The van der Waals surface area contributed by atoms with Crippen LogP contribution in [0.2, 0.25) is 0 Å². The van der Waals surface area contributed by atoms with Crippen LogP contribution >= 0.6 is 0 Å². The summed E-state index contributed by atoms with van der Waals surface area (Å²) in [6.07, 6.45) is 5.12. The van der Waals surface area contributed by atoms with Gasteiger partial charge in [0.2, 0.25) is 5.91 Å². The Kier molecular flexibility index (Phi) is 5.68. The summed E-state index contributed by atoms with van der Waals surface area (Å²) in [6.45, 7) is 1.88. The van der Waals surface area contributed by atoms with Crippen LogP contribution in [-0.2, 0) is 16.1 Å². The van der Waals surface area contributed by atoms with Gasteiger partial charge < -0.3 is 10.2 Å². The molecule has 2 fully saturated rings. The Morgan fingerprint density at radius 1 is 1.04 bits per heavy atom. The van der Waals surface area contributed by atoms with E-state index in [2.05, 4.69) is 5.32 Å². The highest BCUT2D eigenvalue weighted by molar-refractivity contribution is 6.04. The van der Waals surface area contributed by atoms with Crippen molar-refractivity contribution in [1.82, 2.24) is 15.1 Å². The number of carbonyl (C=O) groups is 3. The largest absolute Gasteiger partial charge is 0.343 e. The first kappa shape index (κ1) is 17.5. The summed E-state index contributed by atoms with van der Waals surface area (Å²) in [5.41, 5.74) is 0.910. The molecule has 25 heavy (non-hydrogen) atoms. The van der Waals surface area contributed by atoms with E-state index < -0.39 is 6.04 Å². The Hall–Kier alpha value is -2.37. The molecule has 1 aromatic carbocycles. The Morgan fingerprint density at radius 3 is 2.40 bits per heavy atom. The number of hydrogen-bond acceptors (Lipinski definition) is 3. The van der Waals surface area contributed by atoms with E-state index in [0.29, 0.717) is 12.8 Å². The summed E-state index contributed by atoms with van der Waals surface area (Å²) in [5.74, 6) is -0.150. The molecule has 0 spiro atoms. The molecule has 0 aliphatic carbocycles. The number of likely N-dealkylation sites (tertiary alicyclic amines) is 1. The van der Waals surface area contributed by atoms with Crippen LogP contribution in [0.15, 0.2) is 30.3 Å². The van der Waals surface area contributed by atoms with Gasteiger partial charge in [-0.3, -0.25) is 14.5 Å². The van der Waals surface area contributed by atoms with Crippen LogP contribution in [0.5, 0.6) is 0 Å². The first-order valence-electron chi connectivity index (χ1n) is 9.09. The number of nitrogens with one attached hydrogen (secondary N) is 1. The maximum atomic E-state index is 12.5. The SMILES string of the molecule is O=C(CCC1NC(=O)N(Cc2ccccc2)C1=O)N1CCCCCC1. The lowest BCUT2D eigenvalue weighted by molar-refractivity contribution is -0.131. The quantitative estimate of drug-likeness (QED) is 0.834. The van der Waals surface area contributed by atoms with Crippen LogP contribution in [0.4, 0.5) is 4.79 Å². The third-order valence-corrected chi connectivity index (χ3v) is 4.90. The van der Waals surface area contributed by atoms with E-state index in [9.17, 15) is 14.4 Å². The summed E-state index contributed by atoms with van der Waals surface area (Å²) in [4.78, 5) is 40.1. The third-order valence-electron chi connectivity index (χ3n) is 4.90. The molecule has 0 aromatic heterocycles. The van der Waals surface area contributed by atoms with Gasteiger partial charge in [-0.25, -0.2) is 4.79 Å². The molecule has 2 heterocycles. The fourth-order valence-corrected chi connectivity index (χ4v) is 3.43. The van der Waals surface area contributed by atoms with Gasteiger partial charge in [0, 0.05) is 19.5 Å². The Balaban J connectivity index is 1.52. The van der Waals surface area contributed by atoms with Gasteiger partial charge in [-0.2, -0.15) is 0 Å². The number of nitrogens with zero attached hydrogens (tertiary/aromatic N) is 2. The fraction of sp³-hybridized carbons (Fsp3) is 0.526. The lowest BCUT2D eigenvalue weighted by atomic mass is 10.1. The minimum Gasteiger partial charge on any atom is -0.343 e. The minimum atomic E-state index is -0.591. The summed E-state index contributed by atoms with van der Waals surface area (Å²) < 4.78 is 0. The van der Waals surface area contributed by atoms with Crippen molar-refractivity contribution >= 4 is 17.8 Å². The van der Waals surface area contributed by atoms with E-state index in [1.54, 1.807) is 0 Å². The van der Waals surface area contributed by atoms with Crippen molar-refractivity contribution in [3.63, 3.8) is 0 Å². The van der Waals surface area contributed by atoms with Gasteiger partial charge in [-0.05, 0) is 24.8 Å². The molecule has 134 valence electrons. The number of benzene rings is 1. The zero-order valence-electron chi connectivity index (χ0n) is 14.4. The molecule has 2 aliphatic heterocycles. The van der Waals surface area contributed by atoms with Crippen molar-refractivity contribution in [1.29, 1.82) is 0 Å². The maximum Gasteiger partial charge on any atom is 0.325 e. The van der Waals surface area contributed by atoms with Gasteiger partial charge in [-0.1, -0.05) is 43.2 Å². The minimum absolute atomic E-state index is 0.0884. The summed E-state index contributed by atoms with van der Waals surface area (Å²) in [6, 6.07) is 8.46. The van der Waals surface area contributed by atoms with Crippen molar-refractivity contribution in [3.05, 3.63) is 35.9 Å². The number of imide groups is 1. The second kappa shape index (κ2) is 8.14. The van der Waals surface area contributed by atoms with E-state index in [1.165, 1.54) is 17.7 Å². The summed E-state index contributed by atoms with van der Waals surface area (Å²) in [7, 11) is 0. The molecular formula is C19H25N3O3. The molecule has 1 unspecified atom stereocenters. The highest BCUT2D eigenvalue weighted by Crippen LogP contribution is 2.17. The highest BCUT2D eigenvalue weighted by atomic mass is 16.2. The first-order chi connectivity index (χ1) is 12.1. The van der Waals surface area contributed by atoms with Gasteiger partial charge in [0.25, 0.3) is 5.91 Å². The lowest BCUT2D eigenvalue weighted by Gasteiger charge is -2.20. The smallest absolute Gasteiger partial charge is 0.325 e. The Morgan fingerprint density at radius 2 is 1.72 bits per heavy atom. The molecule has 6 nitrogen and oxygen atoms in total. The second-order valence-corrected chi connectivity index (χ2v) is 6.75. The van der Waals surface area contributed by atoms with Gasteiger partial charge in [0.15, 0.2) is 0 Å². The van der Waals surface area contributed by atoms with Gasteiger partial charge in [-0.15, -0.1) is 0 Å². The van der Waals surface area contributed by atoms with Crippen LogP contribution in [0, 0.1) is 0 Å². The van der Waals surface area contributed by atoms with E-state index in [4.69, 9.17) is 0 Å². The van der Waals surface area contributed by atoms with E-state index in [0.717, 1.165) is 31.5 Å². The number of hydrogen-bond donors (Lipinski definition) is 1. The monoisotopic (exact) mass is 343 g/mol. The number of urea groups is 1. The second-order valence-electron chi connectivity index (χ2n) is 6.75. The molecule has 2 aliphatic rings. The molecule has 1 aromatic rings. The molecule has 4 amide bonds. The van der Waals surface area contributed by atoms with Crippen LogP contribution in [0.3, 0.4) is 0 Å². The number of carbonyl (C=O) groups excluding carboxylic acids is 3. The Bertz CT molecular complexity index is 624. The zero-order chi connectivity index (χ0) is 17.6. The molecule has 1 atom stereocenters.